The summed E-state index contributed by atoms with van der Waals surface area (Å²) < 4.78 is 0. The van der Waals surface area contributed by atoms with Crippen LogP contribution in [0, 0.1) is 11.3 Å². The highest BCUT2D eigenvalue weighted by Crippen LogP contribution is 2.33. The smallest absolute Gasteiger partial charge is 0.248 e. The molecule has 4 rings (SSSR count). The van der Waals surface area contributed by atoms with Crippen LogP contribution in [0.25, 0.3) is 5.57 Å². The number of piperazine rings is 1. The van der Waals surface area contributed by atoms with Crippen molar-refractivity contribution in [1.29, 1.82) is 5.26 Å². The standard InChI is InChI=1S/C27H29N7O2/c1-3-33-10-12-34(13-11-33)20-8-9-22(21(14-20)18(2)27(29)36)32-26-15-24(19(16-28)17-30-26)31-23-6-4-5-7-25(23)35/h4-9,14-15,17,35H,2-3,10-13H2,1H3,(H2,29,36)(H2,30,31,32). The fourth-order valence-corrected chi connectivity index (χ4v) is 4.12. The van der Waals surface area contributed by atoms with Crippen LogP contribution in [0.15, 0.2) is 61.3 Å². The van der Waals surface area contributed by atoms with Crippen molar-refractivity contribution >= 4 is 40.0 Å². The van der Waals surface area contributed by atoms with Crippen molar-refractivity contribution < 1.29 is 9.90 Å². The van der Waals surface area contributed by atoms with Gasteiger partial charge in [-0.3, -0.25) is 4.79 Å². The molecular weight excluding hydrogens is 454 g/mol. The summed E-state index contributed by atoms with van der Waals surface area (Å²) in [6.45, 7) is 10.8. The van der Waals surface area contributed by atoms with E-state index in [9.17, 15) is 15.2 Å². The Labute approximate surface area is 210 Å². The normalized spacial score (nSPS) is 13.6. The largest absolute Gasteiger partial charge is 0.506 e. The highest BCUT2D eigenvalue weighted by molar-refractivity contribution is 6.19. The van der Waals surface area contributed by atoms with Crippen molar-refractivity contribution in [2.45, 2.75) is 6.92 Å². The molecule has 1 fully saturated rings. The molecule has 36 heavy (non-hydrogen) atoms. The summed E-state index contributed by atoms with van der Waals surface area (Å²) in [5.74, 6) is -0.112. The van der Waals surface area contributed by atoms with Gasteiger partial charge in [0.2, 0.25) is 5.91 Å². The lowest BCUT2D eigenvalue weighted by molar-refractivity contribution is -0.112. The van der Waals surface area contributed by atoms with Crippen LogP contribution < -0.4 is 21.3 Å². The Morgan fingerprint density at radius 3 is 2.53 bits per heavy atom. The predicted molar refractivity (Wildman–Crippen MR) is 143 cm³/mol. The maximum atomic E-state index is 12.0. The second kappa shape index (κ2) is 10.8. The van der Waals surface area contributed by atoms with Crippen LogP contribution in [0.3, 0.4) is 0 Å². The molecule has 0 saturated carbocycles. The number of nitrogens with two attached hydrogens (primary N) is 1. The van der Waals surface area contributed by atoms with E-state index < -0.39 is 5.91 Å². The zero-order valence-electron chi connectivity index (χ0n) is 20.2. The van der Waals surface area contributed by atoms with Gasteiger partial charge in [0, 0.05) is 61.0 Å². The molecule has 1 aromatic heterocycles. The molecule has 1 aliphatic heterocycles. The van der Waals surface area contributed by atoms with Crippen LogP contribution in [0.5, 0.6) is 5.75 Å². The maximum absolute atomic E-state index is 12.0. The van der Waals surface area contributed by atoms with E-state index >= 15 is 0 Å². The first-order valence-electron chi connectivity index (χ1n) is 11.7. The summed E-state index contributed by atoms with van der Waals surface area (Å²) in [6, 6.07) is 16.3. The maximum Gasteiger partial charge on any atom is 0.248 e. The SMILES string of the molecule is C=C(C(N)=O)c1cc(N2CCN(CC)CC2)ccc1Nc1cc(Nc2ccccc2O)c(C#N)cn1. The number of nitrogens with zero attached hydrogens (tertiary/aromatic N) is 4. The summed E-state index contributed by atoms with van der Waals surface area (Å²) in [5, 5.41) is 25.9. The number of hydrogen-bond donors (Lipinski definition) is 4. The first-order valence-corrected chi connectivity index (χ1v) is 11.7. The number of phenols is 1. The zero-order chi connectivity index (χ0) is 25.7. The molecule has 0 unspecified atom stereocenters. The van der Waals surface area contributed by atoms with Gasteiger partial charge in [-0.05, 0) is 36.9 Å². The van der Waals surface area contributed by atoms with E-state index in [4.69, 9.17) is 5.73 Å². The van der Waals surface area contributed by atoms with Crippen molar-refractivity contribution in [3.63, 3.8) is 0 Å². The van der Waals surface area contributed by atoms with Crippen molar-refractivity contribution in [3.8, 4) is 11.8 Å². The molecule has 0 aliphatic carbocycles. The highest BCUT2D eigenvalue weighted by Gasteiger charge is 2.19. The number of benzene rings is 2. The third kappa shape index (κ3) is 5.40. The number of phenolic OH excluding ortho intramolecular Hbond substituents is 1. The molecule has 0 bridgehead atoms. The van der Waals surface area contributed by atoms with Gasteiger partial charge in [-0.15, -0.1) is 0 Å². The van der Waals surface area contributed by atoms with E-state index in [1.165, 1.54) is 6.20 Å². The number of nitriles is 1. The first kappa shape index (κ1) is 24.6. The van der Waals surface area contributed by atoms with Crippen molar-refractivity contribution in [1.82, 2.24) is 9.88 Å². The molecule has 0 spiro atoms. The Morgan fingerprint density at radius 2 is 1.86 bits per heavy atom. The first-order chi connectivity index (χ1) is 17.4. The van der Waals surface area contributed by atoms with Gasteiger partial charge >= 0.3 is 0 Å². The average Bonchev–Trinajstić information content (AvgIpc) is 2.90. The zero-order valence-corrected chi connectivity index (χ0v) is 20.2. The van der Waals surface area contributed by atoms with Crippen LogP contribution in [0.4, 0.5) is 28.6 Å². The molecule has 1 saturated heterocycles. The lowest BCUT2D eigenvalue weighted by Gasteiger charge is -2.35. The van der Waals surface area contributed by atoms with Crippen molar-refractivity contribution in [2.24, 2.45) is 5.73 Å². The molecule has 0 atom stereocenters. The van der Waals surface area contributed by atoms with Gasteiger partial charge in [-0.25, -0.2) is 4.98 Å². The third-order valence-electron chi connectivity index (χ3n) is 6.27. The van der Waals surface area contributed by atoms with Gasteiger partial charge in [-0.2, -0.15) is 5.26 Å². The van der Waals surface area contributed by atoms with Gasteiger partial charge in [-0.1, -0.05) is 25.6 Å². The number of nitrogens with one attached hydrogen (secondary N) is 2. The van der Waals surface area contributed by atoms with Crippen molar-refractivity contribution in [3.05, 3.63) is 72.4 Å². The summed E-state index contributed by atoms with van der Waals surface area (Å²) in [4.78, 5) is 21.1. The lowest BCUT2D eigenvalue weighted by atomic mass is 10.0. The minimum absolute atomic E-state index is 0.0584. The Bertz CT molecular complexity index is 1320. The molecule has 9 nitrogen and oxygen atoms in total. The Hall–Kier alpha value is -4.55. The molecule has 2 aromatic carbocycles. The summed E-state index contributed by atoms with van der Waals surface area (Å²) in [7, 11) is 0. The Kier molecular flexibility index (Phi) is 7.37. The molecule has 2 heterocycles. The number of para-hydroxylation sites is 2. The number of pyridine rings is 1. The minimum Gasteiger partial charge on any atom is -0.506 e. The highest BCUT2D eigenvalue weighted by atomic mass is 16.3. The Morgan fingerprint density at radius 1 is 1.11 bits per heavy atom. The van der Waals surface area contributed by atoms with Gasteiger partial charge in [0.25, 0.3) is 0 Å². The van der Waals surface area contributed by atoms with E-state index in [-0.39, 0.29) is 11.3 Å². The number of carbonyl (C=O) groups excluding carboxylic acids is 1. The fourth-order valence-electron chi connectivity index (χ4n) is 4.12. The molecule has 3 aromatic rings. The molecular formula is C27H29N7O2. The van der Waals surface area contributed by atoms with Crippen LogP contribution in [-0.2, 0) is 4.79 Å². The van der Waals surface area contributed by atoms with Gasteiger partial charge in [0.15, 0.2) is 0 Å². The summed E-state index contributed by atoms with van der Waals surface area (Å²) in [6.07, 6.45) is 1.44. The molecule has 0 radical (unpaired) electrons. The molecule has 1 amide bonds. The van der Waals surface area contributed by atoms with Gasteiger partial charge < -0.3 is 31.3 Å². The summed E-state index contributed by atoms with van der Waals surface area (Å²) in [5.41, 5.74) is 9.20. The molecule has 184 valence electrons. The van der Waals surface area contributed by atoms with Gasteiger partial charge in [0.1, 0.15) is 17.6 Å². The van der Waals surface area contributed by atoms with E-state index in [0.717, 1.165) is 38.4 Å². The van der Waals surface area contributed by atoms with Gasteiger partial charge in [0.05, 0.1) is 16.9 Å². The van der Waals surface area contributed by atoms with Crippen LogP contribution >= 0.6 is 0 Å². The number of aromatic hydroxyl groups is 1. The summed E-state index contributed by atoms with van der Waals surface area (Å²) >= 11 is 0. The quantitative estimate of drug-likeness (QED) is 0.281. The fraction of sp³-hybridized carbons (Fsp3) is 0.222. The number of primary amides is 1. The van der Waals surface area contributed by atoms with Crippen molar-refractivity contribution in [2.75, 3.05) is 48.3 Å². The van der Waals surface area contributed by atoms with Crippen LogP contribution in [0.2, 0.25) is 0 Å². The van der Waals surface area contributed by atoms with E-state index in [1.54, 1.807) is 30.3 Å². The predicted octanol–water partition coefficient (Wildman–Crippen LogP) is 3.79. The number of hydrogen-bond acceptors (Lipinski definition) is 8. The number of likely N-dealkylation sites (N-methyl/N-ethyl adjacent to an activating group) is 1. The second-order valence-electron chi connectivity index (χ2n) is 8.49. The second-order valence-corrected chi connectivity index (χ2v) is 8.49. The van der Waals surface area contributed by atoms with E-state index in [1.807, 2.05) is 18.2 Å². The molecule has 1 aliphatic rings. The third-order valence-corrected chi connectivity index (χ3v) is 6.27. The topological polar surface area (TPSA) is 131 Å². The number of anilines is 5. The Balaban J connectivity index is 1.64. The lowest BCUT2D eigenvalue weighted by Crippen LogP contribution is -2.46. The number of carbonyl (C=O) groups is 1. The van der Waals surface area contributed by atoms with E-state index in [2.05, 4.69) is 45.0 Å². The minimum atomic E-state index is -0.610. The van der Waals surface area contributed by atoms with Crippen LogP contribution in [0.1, 0.15) is 18.1 Å². The molecule has 9 heteroatoms. The van der Waals surface area contributed by atoms with E-state index in [0.29, 0.717) is 34.0 Å². The number of aromatic nitrogens is 1. The average molecular weight is 484 g/mol. The van der Waals surface area contributed by atoms with Crippen LogP contribution in [-0.4, -0.2) is 53.6 Å². The number of rotatable bonds is 8. The number of amides is 1. The molecule has 5 N–H and O–H groups in total. The monoisotopic (exact) mass is 483 g/mol.